The van der Waals surface area contributed by atoms with Crippen molar-refractivity contribution in [1.82, 2.24) is 5.32 Å². The Hall–Kier alpha value is -0.910. The molecule has 1 aromatic rings. The zero-order valence-corrected chi connectivity index (χ0v) is 13.1. The van der Waals surface area contributed by atoms with Crippen LogP contribution in [-0.4, -0.2) is 32.4 Å². The largest absolute Gasteiger partial charge is 0.373 e. The molecule has 1 aromatic carbocycles. The summed E-state index contributed by atoms with van der Waals surface area (Å²) >= 11 is 0. The number of hydrogen-bond acceptors (Lipinski definition) is 4. The minimum Gasteiger partial charge on any atom is -0.373 e. The molecule has 4 rings (SSSR count). The highest BCUT2D eigenvalue weighted by molar-refractivity contribution is 7.90. The monoisotopic (exact) mass is 307 g/mol. The summed E-state index contributed by atoms with van der Waals surface area (Å²) in [4.78, 5) is 0.383. The SMILES string of the molecule is CS(=O)(=O)c1ccc(CN[C@]23C[C@H]2COC32CCC2)cc1. The van der Waals surface area contributed by atoms with E-state index in [4.69, 9.17) is 4.74 Å². The molecule has 0 aromatic heterocycles. The van der Waals surface area contributed by atoms with Gasteiger partial charge in [-0.15, -0.1) is 0 Å². The van der Waals surface area contributed by atoms with E-state index in [1.807, 2.05) is 12.1 Å². The van der Waals surface area contributed by atoms with Crippen LogP contribution in [0.25, 0.3) is 0 Å². The number of hydrogen-bond donors (Lipinski definition) is 1. The molecule has 0 bridgehead atoms. The van der Waals surface area contributed by atoms with Gasteiger partial charge in [0.05, 0.1) is 22.6 Å². The van der Waals surface area contributed by atoms with Gasteiger partial charge < -0.3 is 10.1 Å². The molecule has 3 aliphatic rings. The molecule has 3 fully saturated rings. The summed E-state index contributed by atoms with van der Waals surface area (Å²) in [6.07, 6.45) is 6.12. The van der Waals surface area contributed by atoms with E-state index >= 15 is 0 Å². The van der Waals surface area contributed by atoms with Gasteiger partial charge in [0, 0.05) is 18.7 Å². The molecular weight excluding hydrogens is 286 g/mol. The first-order chi connectivity index (χ1) is 9.95. The van der Waals surface area contributed by atoms with Crippen LogP contribution in [0.1, 0.15) is 31.2 Å². The Morgan fingerprint density at radius 2 is 2.00 bits per heavy atom. The summed E-state index contributed by atoms with van der Waals surface area (Å²) in [5.41, 5.74) is 1.43. The van der Waals surface area contributed by atoms with Gasteiger partial charge in [0.25, 0.3) is 0 Å². The van der Waals surface area contributed by atoms with Gasteiger partial charge in [-0.3, -0.25) is 0 Å². The van der Waals surface area contributed by atoms with E-state index in [0.717, 1.165) is 18.7 Å². The van der Waals surface area contributed by atoms with Crippen molar-refractivity contribution in [2.75, 3.05) is 12.9 Å². The highest BCUT2D eigenvalue weighted by Crippen LogP contribution is 2.64. The average Bonchev–Trinajstić information content (AvgIpc) is 3.02. The first-order valence-electron chi connectivity index (χ1n) is 7.63. The maximum absolute atomic E-state index is 11.5. The molecule has 1 saturated heterocycles. The summed E-state index contributed by atoms with van der Waals surface area (Å²) in [5.74, 6) is 0.674. The second-order valence-corrected chi connectivity index (χ2v) is 8.82. The van der Waals surface area contributed by atoms with Crippen molar-refractivity contribution in [2.24, 2.45) is 5.92 Å². The predicted octanol–water partition coefficient (Wildman–Crippen LogP) is 1.89. The third kappa shape index (κ3) is 1.98. The van der Waals surface area contributed by atoms with Crippen molar-refractivity contribution in [3.05, 3.63) is 29.8 Å². The van der Waals surface area contributed by atoms with Crippen molar-refractivity contribution in [3.63, 3.8) is 0 Å². The van der Waals surface area contributed by atoms with Crippen LogP contribution in [0.5, 0.6) is 0 Å². The summed E-state index contributed by atoms with van der Waals surface area (Å²) in [6.45, 7) is 1.69. The number of nitrogens with one attached hydrogen (secondary N) is 1. The maximum atomic E-state index is 11.5. The molecule has 4 nitrogen and oxygen atoms in total. The average molecular weight is 307 g/mol. The fourth-order valence-corrected chi connectivity index (χ4v) is 4.69. The Morgan fingerprint density at radius 3 is 2.52 bits per heavy atom. The van der Waals surface area contributed by atoms with Gasteiger partial charge in [-0.1, -0.05) is 12.1 Å². The number of benzene rings is 1. The van der Waals surface area contributed by atoms with Crippen LogP contribution in [0.4, 0.5) is 0 Å². The quantitative estimate of drug-likeness (QED) is 0.923. The molecule has 5 heteroatoms. The normalized spacial score (nSPS) is 32.7. The highest BCUT2D eigenvalue weighted by atomic mass is 32.2. The number of sulfone groups is 1. The fraction of sp³-hybridized carbons (Fsp3) is 0.625. The molecule has 0 unspecified atom stereocenters. The van der Waals surface area contributed by atoms with Crippen LogP contribution in [0.2, 0.25) is 0 Å². The lowest BCUT2D eigenvalue weighted by Gasteiger charge is -2.45. The van der Waals surface area contributed by atoms with Crippen LogP contribution in [0, 0.1) is 5.92 Å². The van der Waals surface area contributed by atoms with Crippen molar-refractivity contribution >= 4 is 9.84 Å². The third-order valence-corrected chi connectivity index (χ3v) is 6.73. The Morgan fingerprint density at radius 1 is 1.29 bits per heavy atom. The molecule has 2 atom stereocenters. The second kappa shape index (κ2) is 4.31. The Labute approximate surface area is 125 Å². The zero-order chi connectivity index (χ0) is 14.7. The van der Waals surface area contributed by atoms with E-state index in [0.29, 0.717) is 10.8 Å². The molecule has 2 saturated carbocycles. The van der Waals surface area contributed by atoms with E-state index in [-0.39, 0.29) is 11.1 Å². The standard InChI is InChI=1S/C16H21NO3S/c1-21(18,19)14-5-3-12(4-6-14)10-17-16-9-13(16)11-20-15(16)7-2-8-15/h3-6,13,17H,2,7-11H2,1H3/t13-,16+/m0/s1. The van der Waals surface area contributed by atoms with E-state index in [9.17, 15) is 8.42 Å². The first kappa shape index (κ1) is 13.7. The van der Waals surface area contributed by atoms with Crippen molar-refractivity contribution in [1.29, 1.82) is 0 Å². The van der Waals surface area contributed by atoms with Crippen molar-refractivity contribution in [2.45, 2.75) is 48.3 Å². The Balaban J connectivity index is 1.46. The highest BCUT2D eigenvalue weighted by Gasteiger charge is 2.73. The molecule has 2 aliphatic carbocycles. The summed E-state index contributed by atoms with van der Waals surface area (Å²) in [6, 6.07) is 7.19. The molecule has 1 N–H and O–H groups in total. The maximum Gasteiger partial charge on any atom is 0.175 e. The van der Waals surface area contributed by atoms with E-state index < -0.39 is 9.84 Å². The molecule has 0 amide bonds. The van der Waals surface area contributed by atoms with E-state index in [1.54, 1.807) is 12.1 Å². The minimum atomic E-state index is -3.11. The van der Waals surface area contributed by atoms with Gasteiger partial charge in [0.15, 0.2) is 9.84 Å². The number of ether oxygens (including phenoxy) is 1. The first-order valence-corrected chi connectivity index (χ1v) is 9.52. The summed E-state index contributed by atoms with van der Waals surface area (Å²) in [7, 11) is -3.11. The molecule has 1 aliphatic heterocycles. The Bertz CT molecular complexity index is 663. The fourth-order valence-electron chi connectivity index (χ4n) is 4.06. The van der Waals surface area contributed by atoms with Gasteiger partial charge in [0.1, 0.15) is 0 Å². The number of rotatable bonds is 4. The Kier molecular flexibility index (Phi) is 2.82. The van der Waals surface area contributed by atoms with Gasteiger partial charge in [-0.25, -0.2) is 8.42 Å². The van der Waals surface area contributed by atoms with Gasteiger partial charge in [0.2, 0.25) is 0 Å². The topological polar surface area (TPSA) is 55.4 Å². The van der Waals surface area contributed by atoms with E-state index in [1.165, 1.54) is 31.9 Å². The van der Waals surface area contributed by atoms with Crippen LogP contribution >= 0.6 is 0 Å². The van der Waals surface area contributed by atoms with Crippen molar-refractivity contribution in [3.8, 4) is 0 Å². The number of fused-ring (bicyclic) bond motifs is 2. The molecule has 114 valence electrons. The molecule has 1 heterocycles. The third-order valence-electron chi connectivity index (χ3n) is 5.60. The lowest BCUT2D eigenvalue weighted by Crippen LogP contribution is -2.56. The van der Waals surface area contributed by atoms with Gasteiger partial charge >= 0.3 is 0 Å². The second-order valence-electron chi connectivity index (χ2n) is 6.80. The predicted molar refractivity (Wildman–Crippen MR) is 79.8 cm³/mol. The molecule has 21 heavy (non-hydrogen) atoms. The zero-order valence-electron chi connectivity index (χ0n) is 12.3. The van der Waals surface area contributed by atoms with E-state index in [2.05, 4.69) is 5.32 Å². The smallest absolute Gasteiger partial charge is 0.175 e. The van der Waals surface area contributed by atoms with Crippen LogP contribution in [-0.2, 0) is 21.1 Å². The minimum absolute atomic E-state index is 0.102. The molecule has 1 spiro atoms. The van der Waals surface area contributed by atoms with Crippen molar-refractivity contribution < 1.29 is 13.2 Å². The van der Waals surface area contributed by atoms with Gasteiger partial charge in [-0.05, 0) is 43.4 Å². The molecular formula is C16H21NO3S. The molecule has 0 radical (unpaired) electrons. The van der Waals surface area contributed by atoms with Crippen LogP contribution in [0.15, 0.2) is 29.2 Å². The summed E-state index contributed by atoms with van der Waals surface area (Å²) in [5, 5.41) is 3.72. The van der Waals surface area contributed by atoms with Crippen LogP contribution < -0.4 is 5.32 Å². The lowest BCUT2D eigenvalue weighted by molar-refractivity contribution is -0.0961. The summed E-state index contributed by atoms with van der Waals surface area (Å²) < 4.78 is 29.0. The van der Waals surface area contributed by atoms with Gasteiger partial charge in [-0.2, -0.15) is 0 Å². The van der Waals surface area contributed by atoms with Crippen LogP contribution in [0.3, 0.4) is 0 Å². The lowest BCUT2D eigenvalue weighted by atomic mass is 9.72.